The van der Waals surface area contributed by atoms with Crippen LogP contribution < -0.4 is 0 Å². The Morgan fingerprint density at radius 1 is 0.667 bits per heavy atom. The van der Waals surface area contributed by atoms with Crippen molar-refractivity contribution in [3.63, 3.8) is 0 Å². The Morgan fingerprint density at radius 2 is 1.10 bits per heavy atom. The molecule has 128 valence electrons. The second kappa shape index (κ2) is 9.12. The molecule has 0 aliphatic carbocycles. The molecule has 0 amide bonds. The van der Waals surface area contributed by atoms with Crippen LogP contribution in [0.3, 0.4) is 0 Å². The molecule has 0 aromatic carbocycles. The third-order valence-electron chi connectivity index (χ3n) is 5.75. The monoisotopic (exact) mass is 302 g/mol. The quantitative estimate of drug-likeness (QED) is 0.523. The van der Waals surface area contributed by atoms with Crippen LogP contribution in [0.4, 0.5) is 0 Å². The Balaban J connectivity index is 5.31. The summed E-state index contributed by atoms with van der Waals surface area (Å²) in [4.78, 5) is 0. The van der Waals surface area contributed by atoms with Crippen LogP contribution in [0.5, 0.6) is 0 Å². The van der Waals surface area contributed by atoms with Crippen LogP contribution >= 0.6 is 0 Å². The molecule has 0 aromatic heterocycles. The number of hydrogen-bond acceptors (Lipinski definition) is 3. The lowest BCUT2D eigenvalue weighted by Crippen LogP contribution is -2.50. The second-order valence-corrected chi connectivity index (χ2v) is 6.92. The van der Waals surface area contributed by atoms with Crippen LogP contribution in [0.15, 0.2) is 0 Å². The molecule has 0 saturated carbocycles. The molecule has 0 rings (SSSR count). The van der Waals surface area contributed by atoms with E-state index in [2.05, 4.69) is 41.5 Å². The third-order valence-corrected chi connectivity index (χ3v) is 5.75. The van der Waals surface area contributed by atoms with Gasteiger partial charge in [0, 0.05) is 19.6 Å². The largest absolute Gasteiger partial charge is 0.384 e. The van der Waals surface area contributed by atoms with Gasteiger partial charge in [-0.05, 0) is 24.7 Å². The molecular formula is C18H38O3. The summed E-state index contributed by atoms with van der Waals surface area (Å²) in [5.74, 6) is 0. The zero-order valence-electron chi connectivity index (χ0n) is 15.7. The minimum Gasteiger partial charge on any atom is -0.384 e. The van der Waals surface area contributed by atoms with Gasteiger partial charge in [0.1, 0.15) is 0 Å². The van der Waals surface area contributed by atoms with Crippen molar-refractivity contribution in [2.45, 2.75) is 72.8 Å². The standard InChI is InChI=1S/C18H38O3/c1-9-16(5,6)17(13-19-7,14-20-8)15-21-18(10-2,11-3)12-4/h9-15H2,1-8H3. The first-order chi connectivity index (χ1) is 9.82. The Labute approximate surface area is 132 Å². The zero-order valence-corrected chi connectivity index (χ0v) is 15.7. The lowest BCUT2D eigenvalue weighted by Gasteiger charge is -2.47. The van der Waals surface area contributed by atoms with Crippen molar-refractivity contribution in [3.05, 3.63) is 0 Å². The molecule has 0 unspecified atom stereocenters. The number of rotatable bonds is 12. The average Bonchev–Trinajstić information content (AvgIpc) is 2.49. The van der Waals surface area contributed by atoms with Gasteiger partial charge in [0.2, 0.25) is 0 Å². The zero-order chi connectivity index (χ0) is 16.6. The van der Waals surface area contributed by atoms with Gasteiger partial charge in [-0.25, -0.2) is 0 Å². The molecule has 0 N–H and O–H groups in total. The van der Waals surface area contributed by atoms with E-state index in [1.54, 1.807) is 14.2 Å². The topological polar surface area (TPSA) is 27.7 Å². The molecule has 0 heterocycles. The van der Waals surface area contributed by atoms with Crippen LogP contribution in [0.2, 0.25) is 0 Å². The van der Waals surface area contributed by atoms with Gasteiger partial charge in [0.25, 0.3) is 0 Å². The van der Waals surface area contributed by atoms with E-state index in [0.29, 0.717) is 19.8 Å². The summed E-state index contributed by atoms with van der Waals surface area (Å²) in [6.07, 6.45) is 4.20. The molecule has 0 radical (unpaired) electrons. The normalized spacial score (nSPS) is 13.7. The van der Waals surface area contributed by atoms with Crippen LogP contribution in [-0.4, -0.2) is 39.6 Å². The summed E-state index contributed by atoms with van der Waals surface area (Å²) >= 11 is 0. The smallest absolute Gasteiger partial charge is 0.0675 e. The summed E-state index contributed by atoms with van der Waals surface area (Å²) in [6.45, 7) is 15.5. The van der Waals surface area contributed by atoms with E-state index >= 15 is 0 Å². The van der Waals surface area contributed by atoms with Crippen LogP contribution in [0.1, 0.15) is 67.2 Å². The highest BCUT2D eigenvalue weighted by Gasteiger charge is 2.46. The van der Waals surface area contributed by atoms with Gasteiger partial charge >= 0.3 is 0 Å². The van der Waals surface area contributed by atoms with E-state index in [1.807, 2.05) is 0 Å². The Morgan fingerprint density at radius 3 is 1.38 bits per heavy atom. The summed E-state index contributed by atoms with van der Waals surface area (Å²) < 4.78 is 17.6. The lowest BCUT2D eigenvalue weighted by molar-refractivity contribution is -0.160. The van der Waals surface area contributed by atoms with Gasteiger partial charge in [-0.2, -0.15) is 0 Å². The van der Waals surface area contributed by atoms with Crippen LogP contribution in [-0.2, 0) is 14.2 Å². The highest BCUT2D eigenvalue weighted by atomic mass is 16.5. The number of ether oxygens (including phenoxy) is 3. The second-order valence-electron chi connectivity index (χ2n) is 6.92. The van der Waals surface area contributed by atoms with E-state index in [0.717, 1.165) is 25.7 Å². The van der Waals surface area contributed by atoms with Gasteiger partial charge in [-0.1, -0.05) is 48.0 Å². The molecule has 0 aliphatic rings. The van der Waals surface area contributed by atoms with Crippen molar-refractivity contribution in [1.82, 2.24) is 0 Å². The maximum Gasteiger partial charge on any atom is 0.0675 e. The van der Waals surface area contributed by atoms with Gasteiger partial charge in [-0.3, -0.25) is 0 Å². The third kappa shape index (κ3) is 4.94. The van der Waals surface area contributed by atoms with Gasteiger partial charge < -0.3 is 14.2 Å². The molecule has 21 heavy (non-hydrogen) atoms. The fourth-order valence-electron chi connectivity index (χ4n) is 2.99. The molecule has 0 fully saturated rings. The van der Waals surface area contributed by atoms with E-state index in [-0.39, 0.29) is 16.4 Å². The Bertz CT molecular complexity index is 255. The molecule has 0 atom stereocenters. The van der Waals surface area contributed by atoms with E-state index < -0.39 is 0 Å². The predicted octanol–water partition coefficient (Wildman–Crippen LogP) is 4.69. The molecule has 3 heteroatoms. The Kier molecular flexibility index (Phi) is 9.06. The molecule has 0 aliphatic heterocycles. The van der Waals surface area contributed by atoms with Crippen molar-refractivity contribution in [2.75, 3.05) is 34.0 Å². The van der Waals surface area contributed by atoms with Gasteiger partial charge in [0.15, 0.2) is 0 Å². The van der Waals surface area contributed by atoms with Crippen molar-refractivity contribution in [2.24, 2.45) is 10.8 Å². The summed E-state index contributed by atoms with van der Waals surface area (Å²) in [6, 6.07) is 0. The minimum absolute atomic E-state index is 0.0173. The SMILES string of the molecule is CCC(CC)(CC)OCC(COC)(COC)C(C)(C)CC. The first-order valence-electron chi connectivity index (χ1n) is 8.44. The first-order valence-corrected chi connectivity index (χ1v) is 8.44. The summed E-state index contributed by atoms with van der Waals surface area (Å²) in [5, 5.41) is 0. The first kappa shape index (κ1) is 20.9. The molecule has 0 bridgehead atoms. The lowest BCUT2D eigenvalue weighted by atomic mass is 9.65. The summed E-state index contributed by atoms with van der Waals surface area (Å²) in [5.41, 5.74) is -0.0352. The van der Waals surface area contributed by atoms with Crippen molar-refractivity contribution < 1.29 is 14.2 Å². The molecular weight excluding hydrogens is 264 g/mol. The molecule has 3 nitrogen and oxygen atoms in total. The van der Waals surface area contributed by atoms with Crippen LogP contribution in [0, 0.1) is 10.8 Å². The number of hydrogen-bond donors (Lipinski definition) is 0. The minimum atomic E-state index is -0.115. The highest BCUT2D eigenvalue weighted by molar-refractivity contribution is 4.93. The summed E-state index contributed by atoms with van der Waals surface area (Å²) in [7, 11) is 3.53. The van der Waals surface area contributed by atoms with Crippen molar-refractivity contribution in [3.8, 4) is 0 Å². The average molecular weight is 302 g/mol. The molecule has 0 aromatic rings. The molecule has 0 saturated heterocycles. The van der Waals surface area contributed by atoms with E-state index in [4.69, 9.17) is 14.2 Å². The number of methoxy groups -OCH3 is 2. The van der Waals surface area contributed by atoms with Crippen molar-refractivity contribution in [1.29, 1.82) is 0 Å². The van der Waals surface area contributed by atoms with E-state index in [9.17, 15) is 0 Å². The van der Waals surface area contributed by atoms with Crippen molar-refractivity contribution >= 4 is 0 Å². The van der Waals surface area contributed by atoms with Gasteiger partial charge in [-0.15, -0.1) is 0 Å². The predicted molar refractivity (Wildman–Crippen MR) is 89.8 cm³/mol. The van der Waals surface area contributed by atoms with Crippen LogP contribution in [0.25, 0.3) is 0 Å². The Hall–Kier alpha value is -0.120. The highest BCUT2D eigenvalue weighted by Crippen LogP contribution is 2.44. The fraction of sp³-hybridized carbons (Fsp3) is 1.00. The van der Waals surface area contributed by atoms with E-state index in [1.165, 1.54) is 0 Å². The van der Waals surface area contributed by atoms with Gasteiger partial charge in [0.05, 0.1) is 25.4 Å². The maximum absolute atomic E-state index is 6.48. The maximum atomic E-state index is 6.48. The molecule has 0 spiro atoms. The fourth-order valence-corrected chi connectivity index (χ4v) is 2.99.